The number of fused-ring (bicyclic) bond motifs is 3. The molecule has 0 amide bonds. The highest BCUT2D eigenvalue weighted by Crippen LogP contribution is 2.33. The van der Waals surface area contributed by atoms with Crippen LogP contribution in [0, 0.1) is 0 Å². The number of hydrogen-bond donors (Lipinski definition) is 1. The van der Waals surface area contributed by atoms with Crippen LogP contribution in [-0.2, 0) is 13.1 Å². The van der Waals surface area contributed by atoms with Crippen LogP contribution in [0.25, 0.3) is 11.1 Å². The molecule has 1 heterocycles. The predicted octanol–water partition coefficient (Wildman–Crippen LogP) is 2.97. The van der Waals surface area contributed by atoms with Crippen molar-refractivity contribution in [2.45, 2.75) is 13.1 Å². The molecule has 98 valence electrons. The Bertz CT molecular complexity index is 554. The molecule has 0 radical (unpaired) electrons. The summed E-state index contributed by atoms with van der Waals surface area (Å²) in [7, 11) is 3.40. The Morgan fingerprint density at radius 1 is 0.789 bits per heavy atom. The summed E-state index contributed by atoms with van der Waals surface area (Å²) in [5, 5.41) is 3.45. The standard InChI is InChI=1S/C16H17NO2/c1-18-13-3-5-15-11(7-13)9-17-10-12-8-14(19-2)4-6-16(12)15/h3-8,17H,9-10H2,1-2H3. The zero-order chi connectivity index (χ0) is 13.2. The van der Waals surface area contributed by atoms with Crippen LogP contribution < -0.4 is 14.8 Å². The first kappa shape index (κ1) is 12.1. The van der Waals surface area contributed by atoms with Crippen molar-refractivity contribution in [2.75, 3.05) is 14.2 Å². The molecule has 1 N–H and O–H groups in total. The highest BCUT2D eigenvalue weighted by atomic mass is 16.5. The van der Waals surface area contributed by atoms with Gasteiger partial charge in [-0.2, -0.15) is 0 Å². The molecule has 1 aliphatic rings. The van der Waals surface area contributed by atoms with Gasteiger partial charge in [-0.05, 0) is 46.5 Å². The zero-order valence-electron chi connectivity index (χ0n) is 11.2. The summed E-state index contributed by atoms with van der Waals surface area (Å²) in [6.45, 7) is 1.70. The van der Waals surface area contributed by atoms with Gasteiger partial charge in [-0.1, -0.05) is 12.1 Å². The molecule has 0 fully saturated rings. The molecular formula is C16H17NO2. The molecule has 0 atom stereocenters. The van der Waals surface area contributed by atoms with E-state index in [2.05, 4.69) is 29.6 Å². The van der Waals surface area contributed by atoms with E-state index in [1.807, 2.05) is 12.1 Å². The van der Waals surface area contributed by atoms with E-state index in [-0.39, 0.29) is 0 Å². The van der Waals surface area contributed by atoms with Gasteiger partial charge in [0.25, 0.3) is 0 Å². The van der Waals surface area contributed by atoms with Crippen LogP contribution in [0.3, 0.4) is 0 Å². The average molecular weight is 255 g/mol. The lowest BCUT2D eigenvalue weighted by Gasteiger charge is -2.11. The van der Waals surface area contributed by atoms with Crippen LogP contribution in [0.2, 0.25) is 0 Å². The van der Waals surface area contributed by atoms with Crippen LogP contribution in [0.4, 0.5) is 0 Å². The number of benzene rings is 2. The summed E-state index contributed by atoms with van der Waals surface area (Å²) < 4.78 is 10.6. The number of methoxy groups -OCH3 is 2. The van der Waals surface area contributed by atoms with Crippen LogP contribution >= 0.6 is 0 Å². The van der Waals surface area contributed by atoms with Gasteiger partial charge in [0, 0.05) is 13.1 Å². The monoisotopic (exact) mass is 255 g/mol. The molecule has 3 nitrogen and oxygen atoms in total. The molecule has 0 spiro atoms. The Morgan fingerprint density at radius 3 is 1.68 bits per heavy atom. The lowest BCUT2D eigenvalue weighted by molar-refractivity contribution is 0.414. The Morgan fingerprint density at radius 2 is 1.26 bits per heavy atom. The van der Waals surface area contributed by atoms with Crippen molar-refractivity contribution >= 4 is 0 Å². The molecule has 3 rings (SSSR count). The highest BCUT2D eigenvalue weighted by molar-refractivity contribution is 5.73. The van der Waals surface area contributed by atoms with Gasteiger partial charge < -0.3 is 14.8 Å². The third-order valence-electron chi connectivity index (χ3n) is 3.55. The Balaban J connectivity index is 2.14. The molecule has 2 aromatic rings. The van der Waals surface area contributed by atoms with Gasteiger partial charge in [0.05, 0.1) is 14.2 Å². The second-order valence-electron chi connectivity index (χ2n) is 4.65. The van der Waals surface area contributed by atoms with E-state index in [1.54, 1.807) is 14.2 Å². The summed E-state index contributed by atoms with van der Waals surface area (Å²) in [5.41, 5.74) is 5.07. The number of ether oxygens (including phenoxy) is 2. The van der Waals surface area contributed by atoms with Crippen molar-refractivity contribution in [1.82, 2.24) is 5.32 Å². The normalized spacial score (nSPS) is 13.2. The first-order valence-corrected chi connectivity index (χ1v) is 6.37. The molecule has 3 heteroatoms. The molecule has 19 heavy (non-hydrogen) atoms. The van der Waals surface area contributed by atoms with Gasteiger partial charge in [-0.25, -0.2) is 0 Å². The third-order valence-corrected chi connectivity index (χ3v) is 3.55. The SMILES string of the molecule is COc1ccc2c(c1)CNCc1cc(OC)ccc1-2. The molecule has 0 aliphatic carbocycles. The first-order valence-electron chi connectivity index (χ1n) is 6.37. The lowest BCUT2D eigenvalue weighted by atomic mass is 9.96. The average Bonchev–Trinajstić information content (AvgIpc) is 2.64. The van der Waals surface area contributed by atoms with E-state index in [4.69, 9.17) is 9.47 Å². The summed E-state index contributed by atoms with van der Waals surface area (Å²) in [5.74, 6) is 1.80. The van der Waals surface area contributed by atoms with Gasteiger partial charge in [0.2, 0.25) is 0 Å². The quantitative estimate of drug-likeness (QED) is 0.895. The minimum atomic E-state index is 0.851. The highest BCUT2D eigenvalue weighted by Gasteiger charge is 2.15. The molecule has 1 aliphatic heterocycles. The van der Waals surface area contributed by atoms with Crippen molar-refractivity contribution in [3.8, 4) is 22.6 Å². The van der Waals surface area contributed by atoms with Crippen molar-refractivity contribution in [3.05, 3.63) is 47.5 Å². The van der Waals surface area contributed by atoms with Gasteiger partial charge in [-0.15, -0.1) is 0 Å². The molecule has 2 aromatic carbocycles. The van der Waals surface area contributed by atoms with Crippen molar-refractivity contribution in [2.24, 2.45) is 0 Å². The fourth-order valence-corrected chi connectivity index (χ4v) is 2.54. The Kier molecular flexibility index (Phi) is 3.13. The largest absolute Gasteiger partial charge is 0.497 e. The smallest absolute Gasteiger partial charge is 0.119 e. The van der Waals surface area contributed by atoms with Gasteiger partial charge in [0.15, 0.2) is 0 Å². The maximum atomic E-state index is 5.30. The van der Waals surface area contributed by atoms with E-state index in [9.17, 15) is 0 Å². The van der Waals surface area contributed by atoms with E-state index < -0.39 is 0 Å². The van der Waals surface area contributed by atoms with Crippen molar-refractivity contribution in [1.29, 1.82) is 0 Å². The summed E-state index contributed by atoms with van der Waals surface area (Å²) in [6.07, 6.45) is 0. The van der Waals surface area contributed by atoms with Crippen LogP contribution in [-0.4, -0.2) is 14.2 Å². The second-order valence-corrected chi connectivity index (χ2v) is 4.65. The fraction of sp³-hybridized carbons (Fsp3) is 0.250. The Labute approximate surface area is 113 Å². The number of nitrogens with one attached hydrogen (secondary N) is 1. The van der Waals surface area contributed by atoms with E-state index in [0.717, 1.165) is 24.6 Å². The minimum absolute atomic E-state index is 0.851. The van der Waals surface area contributed by atoms with E-state index in [0.29, 0.717) is 0 Å². The molecule has 0 saturated heterocycles. The molecule has 0 bridgehead atoms. The number of hydrogen-bond acceptors (Lipinski definition) is 3. The van der Waals surface area contributed by atoms with Crippen LogP contribution in [0.1, 0.15) is 11.1 Å². The third kappa shape index (κ3) is 2.17. The second kappa shape index (κ2) is 4.94. The topological polar surface area (TPSA) is 30.5 Å². The van der Waals surface area contributed by atoms with Crippen molar-refractivity contribution in [3.63, 3.8) is 0 Å². The molecular weight excluding hydrogens is 238 g/mol. The summed E-state index contributed by atoms with van der Waals surface area (Å²) in [4.78, 5) is 0. The van der Waals surface area contributed by atoms with Crippen molar-refractivity contribution < 1.29 is 9.47 Å². The van der Waals surface area contributed by atoms with E-state index in [1.165, 1.54) is 22.3 Å². The lowest BCUT2D eigenvalue weighted by Crippen LogP contribution is -2.10. The first-order chi connectivity index (χ1) is 9.31. The summed E-state index contributed by atoms with van der Waals surface area (Å²) >= 11 is 0. The van der Waals surface area contributed by atoms with Gasteiger partial charge >= 0.3 is 0 Å². The van der Waals surface area contributed by atoms with Gasteiger partial charge in [-0.3, -0.25) is 0 Å². The Hall–Kier alpha value is -2.00. The number of rotatable bonds is 2. The molecule has 0 saturated carbocycles. The van der Waals surface area contributed by atoms with Gasteiger partial charge in [0.1, 0.15) is 11.5 Å². The molecule has 0 unspecified atom stereocenters. The van der Waals surface area contributed by atoms with E-state index >= 15 is 0 Å². The summed E-state index contributed by atoms with van der Waals surface area (Å²) in [6, 6.07) is 12.5. The zero-order valence-corrected chi connectivity index (χ0v) is 11.2. The maximum absolute atomic E-state index is 5.30. The predicted molar refractivity (Wildman–Crippen MR) is 75.5 cm³/mol. The maximum Gasteiger partial charge on any atom is 0.119 e. The fourth-order valence-electron chi connectivity index (χ4n) is 2.54. The minimum Gasteiger partial charge on any atom is -0.497 e. The van der Waals surface area contributed by atoms with Crippen LogP contribution in [0.15, 0.2) is 36.4 Å². The van der Waals surface area contributed by atoms with Crippen LogP contribution in [0.5, 0.6) is 11.5 Å². The molecule has 0 aromatic heterocycles.